The minimum Gasteiger partial charge on any atom is -0.362 e. The SMILES string of the molecule is CC1(C)CCC(=O)C(C)(C)O1. The zero-order valence-corrected chi connectivity index (χ0v) is 7.73. The molecule has 1 heterocycles. The Kier molecular flexibility index (Phi) is 1.83. The van der Waals surface area contributed by atoms with Crippen LogP contribution in [0.2, 0.25) is 0 Å². The predicted octanol–water partition coefficient (Wildman–Crippen LogP) is 1.92. The summed E-state index contributed by atoms with van der Waals surface area (Å²) in [6.45, 7) is 7.74. The Morgan fingerprint density at radius 1 is 1.27 bits per heavy atom. The van der Waals surface area contributed by atoms with E-state index < -0.39 is 5.60 Å². The number of hydrogen-bond acceptors (Lipinski definition) is 2. The Bertz CT molecular complexity index is 180. The van der Waals surface area contributed by atoms with Crippen molar-refractivity contribution in [3.05, 3.63) is 0 Å². The molecule has 2 heteroatoms. The first-order valence-electron chi connectivity index (χ1n) is 4.07. The summed E-state index contributed by atoms with van der Waals surface area (Å²) >= 11 is 0. The number of carbonyl (C=O) groups excluding carboxylic acids is 1. The average Bonchev–Trinajstić information content (AvgIpc) is 1.77. The molecule has 0 aromatic rings. The summed E-state index contributed by atoms with van der Waals surface area (Å²) in [5.41, 5.74) is -0.695. The van der Waals surface area contributed by atoms with Crippen molar-refractivity contribution in [3.8, 4) is 0 Å². The van der Waals surface area contributed by atoms with Crippen molar-refractivity contribution in [2.45, 2.75) is 51.7 Å². The van der Waals surface area contributed by atoms with Crippen LogP contribution in [0.5, 0.6) is 0 Å². The maximum Gasteiger partial charge on any atom is 0.164 e. The monoisotopic (exact) mass is 156 g/mol. The zero-order valence-electron chi connectivity index (χ0n) is 7.73. The third-order valence-electron chi connectivity index (χ3n) is 2.16. The van der Waals surface area contributed by atoms with Crippen molar-refractivity contribution >= 4 is 5.78 Å². The molecule has 1 saturated heterocycles. The van der Waals surface area contributed by atoms with Crippen molar-refractivity contribution < 1.29 is 9.53 Å². The van der Waals surface area contributed by atoms with E-state index in [0.717, 1.165) is 6.42 Å². The first kappa shape index (κ1) is 8.72. The van der Waals surface area contributed by atoms with Crippen LogP contribution in [0.4, 0.5) is 0 Å². The molecule has 0 radical (unpaired) electrons. The molecular formula is C9H16O2. The highest BCUT2D eigenvalue weighted by Crippen LogP contribution is 2.31. The highest BCUT2D eigenvalue weighted by atomic mass is 16.5. The molecule has 0 N–H and O–H groups in total. The molecule has 1 rings (SSSR count). The molecule has 1 fully saturated rings. The highest BCUT2D eigenvalue weighted by molar-refractivity contribution is 5.87. The van der Waals surface area contributed by atoms with E-state index in [2.05, 4.69) is 0 Å². The molecule has 11 heavy (non-hydrogen) atoms. The van der Waals surface area contributed by atoms with Gasteiger partial charge in [-0.15, -0.1) is 0 Å². The van der Waals surface area contributed by atoms with Crippen LogP contribution in [0, 0.1) is 0 Å². The molecule has 1 aliphatic rings. The van der Waals surface area contributed by atoms with Gasteiger partial charge in [0.05, 0.1) is 5.60 Å². The Labute approximate surface area is 67.9 Å². The van der Waals surface area contributed by atoms with Gasteiger partial charge in [-0.25, -0.2) is 0 Å². The van der Waals surface area contributed by atoms with E-state index in [1.807, 2.05) is 27.7 Å². The molecule has 0 saturated carbocycles. The van der Waals surface area contributed by atoms with E-state index >= 15 is 0 Å². The fourth-order valence-corrected chi connectivity index (χ4v) is 1.51. The maximum absolute atomic E-state index is 11.3. The second kappa shape index (κ2) is 2.31. The molecule has 0 atom stereocenters. The van der Waals surface area contributed by atoms with Crippen LogP contribution >= 0.6 is 0 Å². The topological polar surface area (TPSA) is 26.3 Å². The number of hydrogen-bond donors (Lipinski definition) is 0. The highest BCUT2D eigenvalue weighted by Gasteiger charge is 2.39. The van der Waals surface area contributed by atoms with Gasteiger partial charge in [0.25, 0.3) is 0 Å². The smallest absolute Gasteiger partial charge is 0.164 e. The van der Waals surface area contributed by atoms with Crippen LogP contribution in [0.25, 0.3) is 0 Å². The van der Waals surface area contributed by atoms with Gasteiger partial charge in [-0.2, -0.15) is 0 Å². The molecule has 0 spiro atoms. The summed E-state index contributed by atoms with van der Waals surface area (Å²) in [5.74, 6) is 0.219. The van der Waals surface area contributed by atoms with Crippen molar-refractivity contribution in [1.82, 2.24) is 0 Å². The van der Waals surface area contributed by atoms with Gasteiger partial charge < -0.3 is 4.74 Å². The van der Waals surface area contributed by atoms with E-state index in [1.54, 1.807) is 0 Å². The van der Waals surface area contributed by atoms with Crippen LogP contribution in [0.1, 0.15) is 40.5 Å². The van der Waals surface area contributed by atoms with Crippen LogP contribution in [-0.2, 0) is 9.53 Å². The Balaban J connectivity index is 2.75. The van der Waals surface area contributed by atoms with Gasteiger partial charge in [0, 0.05) is 6.42 Å². The summed E-state index contributed by atoms with van der Waals surface area (Å²) < 4.78 is 5.62. The van der Waals surface area contributed by atoms with Crippen molar-refractivity contribution in [2.75, 3.05) is 0 Å². The molecular weight excluding hydrogens is 140 g/mol. The minimum absolute atomic E-state index is 0.128. The van der Waals surface area contributed by atoms with E-state index in [-0.39, 0.29) is 11.4 Å². The number of ketones is 1. The quantitative estimate of drug-likeness (QED) is 0.535. The Morgan fingerprint density at radius 3 is 2.18 bits per heavy atom. The third kappa shape index (κ3) is 1.80. The lowest BCUT2D eigenvalue weighted by Gasteiger charge is -2.39. The van der Waals surface area contributed by atoms with Crippen molar-refractivity contribution in [3.63, 3.8) is 0 Å². The molecule has 1 aliphatic heterocycles. The van der Waals surface area contributed by atoms with Crippen molar-refractivity contribution in [2.24, 2.45) is 0 Å². The van der Waals surface area contributed by atoms with Crippen molar-refractivity contribution in [1.29, 1.82) is 0 Å². The summed E-state index contributed by atoms with van der Waals surface area (Å²) in [6, 6.07) is 0. The lowest BCUT2D eigenvalue weighted by Crippen LogP contribution is -2.47. The summed E-state index contributed by atoms with van der Waals surface area (Å²) in [4.78, 5) is 11.3. The summed E-state index contributed by atoms with van der Waals surface area (Å²) in [7, 11) is 0. The maximum atomic E-state index is 11.3. The van der Waals surface area contributed by atoms with Gasteiger partial charge in [0.1, 0.15) is 5.60 Å². The first-order chi connectivity index (χ1) is 4.83. The van der Waals surface area contributed by atoms with Gasteiger partial charge in [-0.05, 0) is 34.1 Å². The largest absolute Gasteiger partial charge is 0.362 e. The fourth-order valence-electron chi connectivity index (χ4n) is 1.51. The van der Waals surface area contributed by atoms with Crippen LogP contribution in [0.3, 0.4) is 0 Å². The van der Waals surface area contributed by atoms with Gasteiger partial charge in [-0.3, -0.25) is 4.79 Å². The van der Waals surface area contributed by atoms with Gasteiger partial charge in [0.15, 0.2) is 5.78 Å². The Hall–Kier alpha value is -0.370. The average molecular weight is 156 g/mol. The number of carbonyl (C=O) groups is 1. The second-order valence-electron chi connectivity index (χ2n) is 4.30. The molecule has 64 valence electrons. The number of Topliss-reactive ketones (excluding diaryl/α,β-unsaturated/α-hetero) is 1. The predicted molar refractivity (Wildman–Crippen MR) is 43.5 cm³/mol. The van der Waals surface area contributed by atoms with Crippen LogP contribution in [-0.4, -0.2) is 17.0 Å². The number of ether oxygens (including phenoxy) is 1. The normalized spacial score (nSPS) is 28.5. The van der Waals surface area contributed by atoms with E-state index in [9.17, 15) is 4.79 Å². The second-order valence-corrected chi connectivity index (χ2v) is 4.30. The zero-order chi connectivity index (χ0) is 8.70. The molecule has 0 bridgehead atoms. The lowest BCUT2D eigenvalue weighted by molar-refractivity contribution is -0.175. The van der Waals surface area contributed by atoms with Gasteiger partial charge in [0.2, 0.25) is 0 Å². The summed E-state index contributed by atoms with van der Waals surface area (Å²) in [5, 5.41) is 0. The Morgan fingerprint density at radius 2 is 1.82 bits per heavy atom. The first-order valence-corrected chi connectivity index (χ1v) is 4.07. The van der Waals surface area contributed by atoms with Crippen LogP contribution in [0.15, 0.2) is 0 Å². The van der Waals surface area contributed by atoms with Gasteiger partial charge >= 0.3 is 0 Å². The number of rotatable bonds is 0. The molecule has 0 unspecified atom stereocenters. The third-order valence-corrected chi connectivity index (χ3v) is 2.16. The molecule has 0 amide bonds. The molecule has 0 aromatic carbocycles. The lowest BCUT2D eigenvalue weighted by atomic mass is 9.88. The molecule has 0 aromatic heterocycles. The minimum atomic E-state index is -0.568. The molecule has 2 nitrogen and oxygen atoms in total. The van der Waals surface area contributed by atoms with Gasteiger partial charge in [-0.1, -0.05) is 0 Å². The van der Waals surface area contributed by atoms with E-state index in [4.69, 9.17) is 4.74 Å². The fraction of sp³-hybridized carbons (Fsp3) is 0.889. The molecule has 0 aliphatic carbocycles. The summed E-state index contributed by atoms with van der Waals surface area (Å²) in [6.07, 6.45) is 1.50. The standard InChI is InChI=1S/C9H16O2/c1-8(2)6-5-7(10)9(3,4)11-8/h5-6H2,1-4H3. The van der Waals surface area contributed by atoms with E-state index in [1.165, 1.54) is 0 Å². The van der Waals surface area contributed by atoms with Crippen LogP contribution < -0.4 is 0 Å². The van der Waals surface area contributed by atoms with E-state index in [0.29, 0.717) is 6.42 Å².